The summed E-state index contributed by atoms with van der Waals surface area (Å²) in [5, 5.41) is 11.4. The van der Waals surface area contributed by atoms with E-state index in [4.69, 9.17) is 0 Å². The number of aromatic nitrogens is 2. The van der Waals surface area contributed by atoms with Crippen molar-refractivity contribution in [3.63, 3.8) is 0 Å². The molecule has 10 heteroatoms. The van der Waals surface area contributed by atoms with Crippen LogP contribution in [0.15, 0.2) is 52.5 Å². The van der Waals surface area contributed by atoms with Gasteiger partial charge >= 0.3 is 6.18 Å². The maximum Gasteiger partial charge on any atom is 0.416 e. The van der Waals surface area contributed by atoms with Crippen LogP contribution in [-0.2, 0) is 6.18 Å². The van der Waals surface area contributed by atoms with Crippen LogP contribution in [0.2, 0.25) is 0 Å². The first kappa shape index (κ1) is 18.1. The highest BCUT2D eigenvalue weighted by Crippen LogP contribution is 2.38. The minimum Gasteiger partial charge on any atom is -0.333 e. The van der Waals surface area contributed by atoms with Crippen LogP contribution < -0.4 is 0 Å². The van der Waals surface area contributed by atoms with Crippen LogP contribution in [0, 0.1) is 10.1 Å². The number of alkyl halides is 3. The summed E-state index contributed by atoms with van der Waals surface area (Å²) < 4.78 is 38.0. The van der Waals surface area contributed by atoms with Crippen LogP contribution in [-0.4, -0.2) is 14.9 Å². The number of para-hydroxylation sites is 2. The topological polar surface area (TPSA) is 71.8 Å². The van der Waals surface area contributed by atoms with Crippen LogP contribution in [0.5, 0.6) is 0 Å². The Morgan fingerprint density at radius 1 is 1.17 bits per heavy atom. The molecule has 0 atom stereocenters. The fourth-order valence-corrected chi connectivity index (χ4v) is 2.89. The van der Waals surface area contributed by atoms with Gasteiger partial charge in [-0.05, 0) is 36.0 Å². The Morgan fingerprint density at radius 2 is 1.88 bits per heavy atom. The molecule has 0 aliphatic carbocycles. The van der Waals surface area contributed by atoms with E-state index in [1.54, 1.807) is 24.3 Å². The van der Waals surface area contributed by atoms with E-state index in [9.17, 15) is 23.3 Å². The number of aromatic amines is 1. The van der Waals surface area contributed by atoms with Crippen molar-refractivity contribution in [1.29, 1.82) is 0 Å². The summed E-state index contributed by atoms with van der Waals surface area (Å²) in [5.74, 6) is 0. The second-order valence-electron chi connectivity index (χ2n) is 4.60. The van der Waals surface area contributed by atoms with Crippen molar-refractivity contribution in [1.82, 2.24) is 9.97 Å². The quantitative estimate of drug-likeness (QED) is 0.513. The van der Waals surface area contributed by atoms with Crippen LogP contribution in [0.25, 0.3) is 11.0 Å². The van der Waals surface area contributed by atoms with Gasteiger partial charge in [0.15, 0.2) is 5.16 Å². The van der Waals surface area contributed by atoms with E-state index >= 15 is 0 Å². The summed E-state index contributed by atoms with van der Waals surface area (Å²) in [6, 6.07) is 9.57. The van der Waals surface area contributed by atoms with E-state index in [-0.39, 0.29) is 17.3 Å². The Balaban J connectivity index is 0.00000208. The molecule has 2 aromatic carbocycles. The lowest BCUT2D eigenvalue weighted by Crippen LogP contribution is -2.05. The molecule has 3 aromatic rings. The summed E-state index contributed by atoms with van der Waals surface area (Å²) in [6.07, 6.45) is -4.63. The van der Waals surface area contributed by atoms with E-state index in [0.29, 0.717) is 16.7 Å². The van der Waals surface area contributed by atoms with Crippen LogP contribution >= 0.6 is 24.2 Å². The standard InChI is InChI=1S/C14H8F3N3O2S.ClH/c15-14(16,17)8-5-6-12(11(7-8)20(21)22)23-13-18-9-3-1-2-4-10(9)19-13;/h1-7H,(H,18,19);1H. The molecule has 3 rings (SSSR count). The number of benzene rings is 2. The predicted octanol–water partition coefficient (Wildman–Crippen LogP) is 5.06. The van der Waals surface area contributed by atoms with Gasteiger partial charge in [-0.15, -0.1) is 12.4 Å². The lowest BCUT2D eigenvalue weighted by Gasteiger charge is -2.07. The highest BCUT2D eigenvalue weighted by atomic mass is 35.5. The number of fused-ring (bicyclic) bond motifs is 1. The molecule has 0 amide bonds. The minimum atomic E-state index is -4.63. The van der Waals surface area contributed by atoms with E-state index in [1.165, 1.54) is 0 Å². The summed E-state index contributed by atoms with van der Waals surface area (Å²) in [5.41, 5.74) is -0.252. The molecule has 0 unspecified atom stereocenters. The second-order valence-corrected chi connectivity index (χ2v) is 5.63. The molecule has 0 fully saturated rings. The van der Waals surface area contributed by atoms with Crippen molar-refractivity contribution in [2.24, 2.45) is 0 Å². The number of imidazole rings is 1. The third-order valence-corrected chi connectivity index (χ3v) is 4.01. The highest BCUT2D eigenvalue weighted by molar-refractivity contribution is 7.99. The van der Waals surface area contributed by atoms with Crippen molar-refractivity contribution in [2.45, 2.75) is 16.2 Å². The smallest absolute Gasteiger partial charge is 0.333 e. The zero-order valence-electron chi connectivity index (χ0n) is 11.7. The molecule has 126 valence electrons. The average molecular weight is 376 g/mol. The molecule has 0 radical (unpaired) electrons. The van der Waals surface area contributed by atoms with E-state index < -0.39 is 22.4 Å². The van der Waals surface area contributed by atoms with Gasteiger partial charge < -0.3 is 4.98 Å². The zero-order chi connectivity index (χ0) is 16.6. The van der Waals surface area contributed by atoms with Crippen molar-refractivity contribution >= 4 is 40.9 Å². The maximum absolute atomic E-state index is 12.7. The van der Waals surface area contributed by atoms with Crippen LogP contribution in [0.1, 0.15) is 5.56 Å². The third-order valence-electron chi connectivity index (χ3n) is 3.06. The van der Waals surface area contributed by atoms with Crippen LogP contribution in [0.4, 0.5) is 18.9 Å². The van der Waals surface area contributed by atoms with E-state index in [2.05, 4.69) is 9.97 Å². The summed E-state index contributed by atoms with van der Waals surface area (Å²) in [6.45, 7) is 0. The molecular weight excluding hydrogens is 367 g/mol. The Hall–Kier alpha value is -2.26. The van der Waals surface area contributed by atoms with Crippen molar-refractivity contribution < 1.29 is 18.1 Å². The largest absolute Gasteiger partial charge is 0.416 e. The molecule has 0 aliphatic rings. The Morgan fingerprint density at radius 3 is 2.50 bits per heavy atom. The highest BCUT2D eigenvalue weighted by Gasteiger charge is 2.33. The number of nitro groups is 1. The molecule has 0 saturated carbocycles. The first-order valence-electron chi connectivity index (χ1n) is 6.33. The van der Waals surface area contributed by atoms with Gasteiger partial charge in [-0.3, -0.25) is 10.1 Å². The number of hydrogen-bond donors (Lipinski definition) is 1. The molecule has 24 heavy (non-hydrogen) atoms. The molecule has 1 N–H and O–H groups in total. The van der Waals surface area contributed by atoms with Gasteiger partial charge in [-0.1, -0.05) is 12.1 Å². The normalized spacial score (nSPS) is 11.3. The number of rotatable bonds is 3. The van der Waals surface area contributed by atoms with E-state index in [0.717, 1.165) is 29.4 Å². The van der Waals surface area contributed by atoms with Crippen molar-refractivity contribution in [3.05, 3.63) is 58.1 Å². The third kappa shape index (κ3) is 3.62. The molecule has 1 aromatic heterocycles. The molecule has 0 saturated heterocycles. The molecular formula is C14H9ClF3N3O2S. The van der Waals surface area contributed by atoms with Crippen LogP contribution in [0.3, 0.4) is 0 Å². The predicted molar refractivity (Wildman–Crippen MR) is 85.6 cm³/mol. The van der Waals surface area contributed by atoms with Gasteiger partial charge in [-0.25, -0.2) is 4.98 Å². The van der Waals surface area contributed by atoms with Gasteiger partial charge in [0.2, 0.25) is 0 Å². The SMILES string of the molecule is Cl.O=[N+]([O-])c1cc(C(F)(F)F)ccc1Sc1nc2ccccc2[nH]1. The Bertz CT molecular complexity index is 865. The Kier molecular flexibility index (Phi) is 5.05. The summed E-state index contributed by atoms with van der Waals surface area (Å²) >= 11 is 0.912. The Labute approximate surface area is 143 Å². The lowest BCUT2D eigenvalue weighted by molar-refractivity contribution is -0.388. The molecule has 0 bridgehead atoms. The number of hydrogen-bond acceptors (Lipinski definition) is 4. The molecule has 0 aliphatic heterocycles. The number of nitro benzene ring substituents is 1. The first-order chi connectivity index (χ1) is 10.8. The van der Waals surface area contributed by atoms with Gasteiger partial charge in [-0.2, -0.15) is 13.2 Å². The van der Waals surface area contributed by atoms with Gasteiger partial charge in [0.25, 0.3) is 5.69 Å². The summed E-state index contributed by atoms with van der Waals surface area (Å²) in [4.78, 5) is 17.5. The van der Waals surface area contributed by atoms with Crippen molar-refractivity contribution in [2.75, 3.05) is 0 Å². The lowest BCUT2D eigenvalue weighted by atomic mass is 10.2. The number of nitrogens with one attached hydrogen (secondary N) is 1. The number of nitrogens with zero attached hydrogens (tertiary/aromatic N) is 2. The minimum absolute atomic E-state index is 0. The summed E-state index contributed by atoms with van der Waals surface area (Å²) in [7, 11) is 0. The number of halogens is 4. The fourth-order valence-electron chi connectivity index (χ4n) is 2.00. The fraction of sp³-hybridized carbons (Fsp3) is 0.0714. The first-order valence-corrected chi connectivity index (χ1v) is 7.14. The molecule has 0 spiro atoms. The van der Waals surface area contributed by atoms with Gasteiger partial charge in [0.1, 0.15) is 0 Å². The van der Waals surface area contributed by atoms with E-state index in [1.807, 2.05) is 0 Å². The van der Waals surface area contributed by atoms with Crippen molar-refractivity contribution in [3.8, 4) is 0 Å². The molecule has 1 heterocycles. The van der Waals surface area contributed by atoms with Gasteiger partial charge in [0.05, 0.1) is 26.4 Å². The average Bonchev–Trinajstić information content (AvgIpc) is 2.88. The number of H-pyrrole nitrogens is 1. The second kappa shape index (κ2) is 6.70. The maximum atomic E-state index is 12.7. The molecule has 5 nitrogen and oxygen atoms in total. The zero-order valence-corrected chi connectivity index (χ0v) is 13.3. The van der Waals surface area contributed by atoms with Gasteiger partial charge in [0, 0.05) is 6.07 Å². The monoisotopic (exact) mass is 375 g/mol.